The van der Waals surface area contributed by atoms with Crippen molar-refractivity contribution < 1.29 is 13.9 Å². The number of carbonyl (C=O) groups excluding carboxylic acids is 1. The van der Waals surface area contributed by atoms with E-state index in [-0.39, 0.29) is 17.8 Å². The van der Waals surface area contributed by atoms with E-state index in [4.69, 9.17) is 4.74 Å². The number of hydrogen-bond donors (Lipinski definition) is 0. The highest BCUT2D eigenvalue weighted by Crippen LogP contribution is 2.33. The number of aromatic nitrogens is 1. The molecule has 0 atom stereocenters. The fraction of sp³-hybridized carbons (Fsp3) is 0.194. The second-order valence-corrected chi connectivity index (χ2v) is 10.6. The molecule has 0 N–H and O–H groups in total. The first-order chi connectivity index (χ1) is 20.5. The van der Waals surface area contributed by atoms with Gasteiger partial charge in [-0.05, 0) is 60.5 Å². The number of nitrogens with zero attached hydrogens (tertiary/aromatic N) is 3. The van der Waals surface area contributed by atoms with Gasteiger partial charge in [-0.1, -0.05) is 72.8 Å². The van der Waals surface area contributed by atoms with E-state index in [1.165, 1.54) is 23.3 Å². The van der Waals surface area contributed by atoms with Crippen molar-refractivity contribution in [1.29, 1.82) is 0 Å². The smallest absolute Gasteiger partial charge is 0.255 e. The van der Waals surface area contributed by atoms with Crippen LogP contribution in [0, 0.1) is 12.7 Å². The third kappa shape index (κ3) is 5.46. The average molecular weight is 560 g/mol. The first-order valence-electron chi connectivity index (χ1n) is 14.3. The van der Waals surface area contributed by atoms with Crippen LogP contribution in [0.15, 0.2) is 115 Å². The van der Waals surface area contributed by atoms with Crippen molar-refractivity contribution in [2.24, 2.45) is 0 Å². The van der Waals surface area contributed by atoms with Crippen LogP contribution in [0.1, 0.15) is 33.2 Å². The summed E-state index contributed by atoms with van der Waals surface area (Å²) in [7, 11) is 1.64. The molecule has 2 heterocycles. The maximum atomic E-state index is 14.1. The molecule has 1 saturated heterocycles. The zero-order valence-electron chi connectivity index (χ0n) is 23.9. The van der Waals surface area contributed by atoms with Crippen molar-refractivity contribution in [3.05, 3.63) is 143 Å². The van der Waals surface area contributed by atoms with E-state index in [0.29, 0.717) is 18.7 Å². The predicted molar refractivity (Wildman–Crippen MR) is 165 cm³/mol. The van der Waals surface area contributed by atoms with Crippen molar-refractivity contribution >= 4 is 5.91 Å². The maximum absolute atomic E-state index is 14.1. The van der Waals surface area contributed by atoms with Crippen LogP contribution >= 0.6 is 0 Å². The highest BCUT2D eigenvalue weighted by atomic mass is 19.1. The Bertz CT molecular complexity index is 1620. The SMILES string of the molecule is COc1cccc(-c2cc(C(=O)N3CCN(C(c4ccccc4)c4ccccc4)CC3)c(C)n2-c2ccc(F)cc2)c1. The van der Waals surface area contributed by atoms with Gasteiger partial charge in [0.1, 0.15) is 11.6 Å². The largest absolute Gasteiger partial charge is 0.497 e. The van der Waals surface area contributed by atoms with Crippen LogP contribution in [0.25, 0.3) is 16.9 Å². The van der Waals surface area contributed by atoms with E-state index in [1.807, 2.05) is 58.9 Å². The molecule has 1 amide bonds. The average Bonchev–Trinajstić information content (AvgIpc) is 3.39. The summed E-state index contributed by atoms with van der Waals surface area (Å²) in [5.74, 6) is 0.436. The molecule has 42 heavy (non-hydrogen) atoms. The highest BCUT2D eigenvalue weighted by Gasteiger charge is 2.30. The van der Waals surface area contributed by atoms with Gasteiger partial charge in [0.05, 0.1) is 24.4 Å². The molecule has 212 valence electrons. The molecule has 0 saturated carbocycles. The Morgan fingerprint density at radius 1 is 0.762 bits per heavy atom. The van der Waals surface area contributed by atoms with Crippen LogP contribution in [-0.4, -0.2) is 53.6 Å². The number of carbonyl (C=O) groups is 1. The number of amides is 1. The summed E-state index contributed by atoms with van der Waals surface area (Å²) in [5, 5.41) is 0. The molecule has 1 aliphatic heterocycles. The minimum absolute atomic E-state index is 0.00753. The van der Waals surface area contributed by atoms with Gasteiger partial charge in [-0.3, -0.25) is 9.69 Å². The van der Waals surface area contributed by atoms with Crippen molar-refractivity contribution in [2.75, 3.05) is 33.3 Å². The van der Waals surface area contributed by atoms with Crippen molar-refractivity contribution in [2.45, 2.75) is 13.0 Å². The van der Waals surface area contributed by atoms with E-state index >= 15 is 0 Å². The van der Waals surface area contributed by atoms with Crippen LogP contribution < -0.4 is 4.74 Å². The van der Waals surface area contributed by atoms with Gasteiger partial charge >= 0.3 is 0 Å². The van der Waals surface area contributed by atoms with Crippen LogP contribution in [0.5, 0.6) is 5.75 Å². The van der Waals surface area contributed by atoms with E-state index < -0.39 is 0 Å². The molecule has 5 nitrogen and oxygen atoms in total. The second-order valence-electron chi connectivity index (χ2n) is 10.6. The number of benzene rings is 4. The summed E-state index contributed by atoms with van der Waals surface area (Å²) in [6.07, 6.45) is 0. The van der Waals surface area contributed by atoms with Gasteiger partial charge in [-0.25, -0.2) is 4.39 Å². The quantitative estimate of drug-likeness (QED) is 0.213. The minimum Gasteiger partial charge on any atom is -0.497 e. The fourth-order valence-electron chi connectivity index (χ4n) is 5.98. The fourth-order valence-corrected chi connectivity index (χ4v) is 5.98. The molecule has 1 aromatic heterocycles. The van der Waals surface area contributed by atoms with Crippen LogP contribution in [0.3, 0.4) is 0 Å². The number of rotatable bonds is 7. The van der Waals surface area contributed by atoms with E-state index in [2.05, 4.69) is 53.4 Å². The molecule has 1 aliphatic rings. The normalized spacial score (nSPS) is 13.9. The third-order valence-corrected chi connectivity index (χ3v) is 8.13. The topological polar surface area (TPSA) is 37.7 Å². The number of methoxy groups -OCH3 is 1. The van der Waals surface area contributed by atoms with Gasteiger partial charge in [0.2, 0.25) is 0 Å². The molecule has 0 bridgehead atoms. The summed E-state index contributed by atoms with van der Waals surface area (Å²) in [4.78, 5) is 18.5. The van der Waals surface area contributed by atoms with E-state index in [0.717, 1.165) is 41.5 Å². The summed E-state index contributed by atoms with van der Waals surface area (Å²) in [5.41, 5.74) is 6.53. The van der Waals surface area contributed by atoms with Gasteiger partial charge in [-0.15, -0.1) is 0 Å². The van der Waals surface area contributed by atoms with E-state index in [1.54, 1.807) is 19.2 Å². The molecule has 0 radical (unpaired) electrons. The van der Waals surface area contributed by atoms with Gasteiger partial charge in [0, 0.05) is 43.1 Å². The summed E-state index contributed by atoms with van der Waals surface area (Å²) < 4.78 is 21.3. The maximum Gasteiger partial charge on any atom is 0.255 e. The van der Waals surface area contributed by atoms with Crippen molar-refractivity contribution in [1.82, 2.24) is 14.4 Å². The zero-order chi connectivity index (χ0) is 29.1. The van der Waals surface area contributed by atoms with Crippen LogP contribution in [0.4, 0.5) is 4.39 Å². The van der Waals surface area contributed by atoms with Crippen molar-refractivity contribution in [3.8, 4) is 22.7 Å². The Morgan fingerprint density at radius 3 is 1.98 bits per heavy atom. The molecule has 5 aromatic rings. The lowest BCUT2D eigenvalue weighted by molar-refractivity contribution is 0.0596. The molecule has 6 heteroatoms. The Balaban J connectivity index is 1.29. The minimum atomic E-state index is -0.301. The summed E-state index contributed by atoms with van der Waals surface area (Å²) in [6, 6.07) is 37.4. The molecule has 6 rings (SSSR count). The molecule has 4 aromatic carbocycles. The Hall–Kier alpha value is -4.68. The van der Waals surface area contributed by atoms with Crippen LogP contribution in [0.2, 0.25) is 0 Å². The first-order valence-corrected chi connectivity index (χ1v) is 14.3. The van der Waals surface area contributed by atoms with Gasteiger partial charge in [-0.2, -0.15) is 0 Å². The Morgan fingerprint density at radius 2 is 1.38 bits per heavy atom. The lowest BCUT2D eigenvalue weighted by atomic mass is 9.96. The van der Waals surface area contributed by atoms with Gasteiger partial charge in [0.15, 0.2) is 0 Å². The first kappa shape index (κ1) is 27.5. The zero-order valence-corrected chi connectivity index (χ0v) is 23.9. The number of hydrogen-bond acceptors (Lipinski definition) is 3. The molecule has 0 spiro atoms. The molecular weight excluding hydrogens is 525 g/mol. The lowest BCUT2D eigenvalue weighted by Gasteiger charge is -2.39. The summed E-state index contributed by atoms with van der Waals surface area (Å²) >= 11 is 0. The molecule has 1 fully saturated rings. The third-order valence-electron chi connectivity index (χ3n) is 8.13. The molecule has 0 unspecified atom stereocenters. The predicted octanol–water partition coefficient (Wildman–Crippen LogP) is 7.15. The Labute approximate surface area is 246 Å². The molecular formula is C36H34FN3O2. The van der Waals surface area contributed by atoms with Crippen LogP contribution in [-0.2, 0) is 0 Å². The van der Waals surface area contributed by atoms with Gasteiger partial charge < -0.3 is 14.2 Å². The Kier molecular flexibility index (Phi) is 7.89. The van der Waals surface area contributed by atoms with E-state index in [9.17, 15) is 9.18 Å². The second kappa shape index (κ2) is 12.0. The molecule has 0 aliphatic carbocycles. The number of halogens is 1. The summed E-state index contributed by atoms with van der Waals surface area (Å²) in [6.45, 7) is 4.74. The number of ether oxygens (including phenoxy) is 1. The standard InChI is InChI=1S/C36H34FN3O2/c1-26-33(25-34(29-14-9-15-32(24-29)42-2)40(26)31-18-16-30(37)17-19-31)36(41)39-22-20-38(21-23-39)35(27-10-5-3-6-11-27)28-12-7-4-8-13-28/h3-19,24-25,35H,20-23H2,1-2H3. The van der Waals surface area contributed by atoms with Crippen molar-refractivity contribution in [3.63, 3.8) is 0 Å². The lowest BCUT2D eigenvalue weighted by Crippen LogP contribution is -2.50. The number of piperazine rings is 1. The highest BCUT2D eigenvalue weighted by molar-refractivity contribution is 5.97. The monoisotopic (exact) mass is 559 g/mol. The van der Waals surface area contributed by atoms with Gasteiger partial charge in [0.25, 0.3) is 5.91 Å².